The Labute approximate surface area is 261 Å². The number of aliphatic hydroxyl groups is 1. The summed E-state index contributed by atoms with van der Waals surface area (Å²) in [7, 11) is 0. The van der Waals surface area contributed by atoms with Gasteiger partial charge in [-0.15, -0.1) is 0 Å². The lowest BCUT2D eigenvalue weighted by molar-refractivity contribution is -0.161. The SMILES string of the molecule is CCCCCCCCCCCCCCCCCCCCCCCCC(=O)OC(CO)COC(=O)CCCCCCCC. The van der Waals surface area contributed by atoms with Crippen LogP contribution in [-0.4, -0.2) is 36.4 Å². The number of rotatable bonds is 34. The van der Waals surface area contributed by atoms with Gasteiger partial charge in [-0.1, -0.05) is 181 Å². The van der Waals surface area contributed by atoms with Gasteiger partial charge in [0, 0.05) is 12.8 Å². The quantitative estimate of drug-likeness (QED) is 0.0591. The largest absolute Gasteiger partial charge is 0.462 e. The van der Waals surface area contributed by atoms with Crippen molar-refractivity contribution < 1.29 is 24.2 Å². The minimum atomic E-state index is -0.759. The van der Waals surface area contributed by atoms with Gasteiger partial charge in [-0.2, -0.15) is 0 Å². The molecule has 0 bridgehead atoms. The van der Waals surface area contributed by atoms with Crippen LogP contribution in [-0.2, 0) is 19.1 Å². The average Bonchev–Trinajstić information content (AvgIpc) is 2.99. The molecule has 42 heavy (non-hydrogen) atoms. The van der Waals surface area contributed by atoms with Crippen molar-refractivity contribution in [3.8, 4) is 0 Å². The lowest BCUT2D eigenvalue weighted by Gasteiger charge is -2.15. The Hall–Kier alpha value is -1.10. The van der Waals surface area contributed by atoms with Crippen molar-refractivity contribution in [1.29, 1.82) is 0 Å². The predicted octanol–water partition coefficient (Wildman–Crippen LogP) is 11.2. The van der Waals surface area contributed by atoms with Gasteiger partial charge in [0.05, 0.1) is 6.61 Å². The molecule has 0 aliphatic rings. The Morgan fingerprint density at radius 1 is 0.452 bits per heavy atom. The van der Waals surface area contributed by atoms with E-state index in [-0.39, 0.29) is 25.2 Å². The third kappa shape index (κ3) is 31.8. The van der Waals surface area contributed by atoms with Crippen LogP contribution in [0.4, 0.5) is 0 Å². The molecule has 0 aliphatic carbocycles. The third-order valence-electron chi connectivity index (χ3n) is 8.40. The van der Waals surface area contributed by atoms with E-state index in [4.69, 9.17) is 9.47 Å². The lowest BCUT2D eigenvalue weighted by atomic mass is 10.0. The molecule has 0 fully saturated rings. The van der Waals surface area contributed by atoms with Gasteiger partial charge in [0.2, 0.25) is 0 Å². The molecule has 0 heterocycles. The molecule has 5 heteroatoms. The first kappa shape index (κ1) is 40.9. The van der Waals surface area contributed by atoms with Crippen LogP contribution in [0.2, 0.25) is 0 Å². The minimum absolute atomic E-state index is 0.0593. The van der Waals surface area contributed by atoms with Gasteiger partial charge in [-0.3, -0.25) is 9.59 Å². The summed E-state index contributed by atoms with van der Waals surface area (Å²) in [6.45, 7) is 4.09. The summed E-state index contributed by atoms with van der Waals surface area (Å²) >= 11 is 0. The smallest absolute Gasteiger partial charge is 0.306 e. The van der Waals surface area contributed by atoms with Gasteiger partial charge in [0.1, 0.15) is 6.61 Å². The average molecular weight is 597 g/mol. The second-order valence-corrected chi connectivity index (χ2v) is 12.7. The van der Waals surface area contributed by atoms with Crippen molar-refractivity contribution >= 4 is 11.9 Å². The fraction of sp³-hybridized carbons (Fsp3) is 0.946. The van der Waals surface area contributed by atoms with Crippen LogP contribution in [0.15, 0.2) is 0 Å². The van der Waals surface area contributed by atoms with E-state index in [1.54, 1.807) is 0 Å². The number of carbonyl (C=O) groups is 2. The molecule has 0 aromatic heterocycles. The van der Waals surface area contributed by atoms with Crippen LogP contribution >= 0.6 is 0 Å². The van der Waals surface area contributed by atoms with Crippen LogP contribution in [0.25, 0.3) is 0 Å². The Kier molecular flexibility index (Phi) is 33.5. The van der Waals surface area contributed by atoms with E-state index in [1.165, 1.54) is 141 Å². The van der Waals surface area contributed by atoms with Crippen molar-refractivity contribution in [3.63, 3.8) is 0 Å². The molecule has 0 radical (unpaired) electrons. The second-order valence-electron chi connectivity index (χ2n) is 12.7. The first-order valence-electron chi connectivity index (χ1n) is 18.6. The summed E-state index contributed by atoms with van der Waals surface area (Å²) in [5, 5.41) is 9.47. The molecule has 1 atom stereocenters. The topological polar surface area (TPSA) is 72.8 Å². The van der Waals surface area contributed by atoms with Crippen LogP contribution in [0.1, 0.15) is 206 Å². The van der Waals surface area contributed by atoms with Crippen LogP contribution in [0.5, 0.6) is 0 Å². The zero-order valence-electron chi connectivity index (χ0n) is 28.3. The molecule has 250 valence electrons. The van der Waals surface area contributed by atoms with Gasteiger partial charge in [-0.05, 0) is 12.8 Å². The zero-order valence-corrected chi connectivity index (χ0v) is 28.3. The highest BCUT2D eigenvalue weighted by atomic mass is 16.6. The molecule has 0 aromatic carbocycles. The van der Waals surface area contributed by atoms with Crippen molar-refractivity contribution in [1.82, 2.24) is 0 Å². The highest BCUT2D eigenvalue weighted by Crippen LogP contribution is 2.16. The van der Waals surface area contributed by atoms with E-state index in [9.17, 15) is 14.7 Å². The molecular formula is C37H72O5. The molecule has 5 nitrogen and oxygen atoms in total. The maximum atomic E-state index is 12.1. The van der Waals surface area contributed by atoms with Gasteiger partial charge in [0.15, 0.2) is 6.10 Å². The lowest BCUT2D eigenvalue weighted by Crippen LogP contribution is -2.28. The summed E-state index contributed by atoms with van der Waals surface area (Å²) in [5.74, 6) is -0.589. The van der Waals surface area contributed by atoms with Crippen molar-refractivity contribution in [2.45, 2.75) is 213 Å². The molecule has 0 amide bonds. The molecule has 0 rings (SSSR count). The fourth-order valence-electron chi connectivity index (χ4n) is 5.55. The summed E-state index contributed by atoms with van der Waals surface area (Å²) in [4.78, 5) is 24.0. The summed E-state index contributed by atoms with van der Waals surface area (Å²) in [5.41, 5.74) is 0. The highest BCUT2D eigenvalue weighted by molar-refractivity contribution is 5.70. The summed E-state index contributed by atoms with van der Waals surface area (Å²) < 4.78 is 10.5. The van der Waals surface area contributed by atoms with Gasteiger partial charge in [0.25, 0.3) is 0 Å². The highest BCUT2D eigenvalue weighted by Gasteiger charge is 2.16. The third-order valence-corrected chi connectivity index (χ3v) is 8.40. The van der Waals surface area contributed by atoms with Crippen LogP contribution in [0.3, 0.4) is 0 Å². The Morgan fingerprint density at radius 3 is 1.05 bits per heavy atom. The molecular weight excluding hydrogens is 524 g/mol. The monoisotopic (exact) mass is 597 g/mol. The van der Waals surface area contributed by atoms with Crippen LogP contribution < -0.4 is 0 Å². The summed E-state index contributed by atoms with van der Waals surface area (Å²) in [6, 6.07) is 0. The van der Waals surface area contributed by atoms with Gasteiger partial charge < -0.3 is 14.6 Å². The predicted molar refractivity (Wildman–Crippen MR) is 178 cm³/mol. The van der Waals surface area contributed by atoms with E-state index in [0.29, 0.717) is 12.8 Å². The minimum Gasteiger partial charge on any atom is -0.462 e. The summed E-state index contributed by atoms with van der Waals surface area (Å²) in [6.07, 6.45) is 36.2. The number of hydrogen-bond donors (Lipinski definition) is 1. The number of carbonyl (C=O) groups excluding carboxylic acids is 2. The maximum absolute atomic E-state index is 12.1. The molecule has 0 saturated heterocycles. The van der Waals surface area contributed by atoms with Gasteiger partial charge in [-0.25, -0.2) is 0 Å². The first-order chi connectivity index (χ1) is 20.6. The van der Waals surface area contributed by atoms with Crippen molar-refractivity contribution in [2.75, 3.05) is 13.2 Å². The van der Waals surface area contributed by atoms with E-state index in [0.717, 1.165) is 38.5 Å². The van der Waals surface area contributed by atoms with E-state index < -0.39 is 6.10 Å². The normalized spacial score (nSPS) is 12.0. The van der Waals surface area contributed by atoms with Crippen molar-refractivity contribution in [3.05, 3.63) is 0 Å². The first-order valence-corrected chi connectivity index (χ1v) is 18.6. The Balaban J connectivity index is 3.40. The zero-order chi connectivity index (χ0) is 30.8. The molecule has 0 spiro atoms. The van der Waals surface area contributed by atoms with Gasteiger partial charge >= 0.3 is 11.9 Å². The Bertz CT molecular complexity index is 564. The number of esters is 2. The van der Waals surface area contributed by atoms with Crippen LogP contribution in [0, 0.1) is 0 Å². The molecule has 1 N–H and O–H groups in total. The second kappa shape index (κ2) is 34.4. The number of aliphatic hydroxyl groups excluding tert-OH is 1. The standard InChI is InChI=1S/C37H72O5/c1-3-5-7-9-11-12-13-14-15-16-17-18-19-20-21-22-23-24-25-26-28-30-32-37(40)42-35(33-38)34-41-36(39)31-29-27-10-8-6-4-2/h35,38H,3-34H2,1-2H3. The number of hydrogen-bond acceptors (Lipinski definition) is 5. The number of ether oxygens (including phenoxy) is 2. The molecule has 0 aromatic rings. The molecule has 0 saturated carbocycles. The number of unbranched alkanes of at least 4 members (excludes halogenated alkanes) is 26. The molecule has 1 unspecified atom stereocenters. The van der Waals surface area contributed by atoms with Crippen molar-refractivity contribution in [2.24, 2.45) is 0 Å². The Morgan fingerprint density at radius 2 is 0.738 bits per heavy atom. The van der Waals surface area contributed by atoms with E-state index in [2.05, 4.69) is 13.8 Å². The fourth-order valence-corrected chi connectivity index (χ4v) is 5.55. The maximum Gasteiger partial charge on any atom is 0.306 e. The van der Waals surface area contributed by atoms with E-state index in [1.807, 2.05) is 0 Å². The van der Waals surface area contributed by atoms with E-state index >= 15 is 0 Å². The molecule has 0 aliphatic heterocycles.